The number of aryl methyl sites for hydroxylation is 1. The molecule has 2 unspecified atom stereocenters. The molecule has 16 heavy (non-hydrogen) atoms. The molecule has 1 aliphatic carbocycles. The monoisotopic (exact) mass is 222 g/mol. The Morgan fingerprint density at radius 1 is 1.62 bits per heavy atom. The van der Waals surface area contributed by atoms with Crippen LogP contribution in [0.4, 0.5) is 0 Å². The van der Waals surface area contributed by atoms with Crippen LogP contribution in [0.3, 0.4) is 0 Å². The Balaban J connectivity index is 2.22. The van der Waals surface area contributed by atoms with Crippen molar-refractivity contribution in [3.8, 4) is 0 Å². The fourth-order valence-corrected chi connectivity index (χ4v) is 2.97. The molecule has 1 aromatic rings. The third-order valence-electron chi connectivity index (χ3n) is 4.07. The standard InChI is InChI=1S/C13H22N2O/c1-4-15-9-8-14-12(15)11(16)10-6-5-7-13(10,2)3/h8-11,16H,4-7H2,1-3H3. The zero-order valence-corrected chi connectivity index (χ0v) is 10.5. The lowest BCUT2D eigenvalue weighted by Gasteiger charge is -2.30. The van der Waals surface area contributed by atoms with Crippen molar-refractivity contribution in [2.45, 2.75) is 52.7 Å². The average Bonchev–Trinajstić information content (AvgIpc) is 2.82. The highest BCUT2D eigenvalue weighted by Crippen LogP contribution is 2.48. The highest BCUT2D eigenvalue weighted by atomic mass is 16.3. The van der Waals surface area contributed by atoms with Crippen LogP contribution in [0, 0.1) is 11.3 Å². The van der Waals surface area contributed by atoms with Crippen molar-refractivity contribution >= 4 is 0 Å². The first-order valence-electron chi connectivity index (χ1n) is 6.25. The van der Waals surface area contributed by atoms with Crippen LogP contribution in [0.25, 0.3) is 0 Å². The van der Waals surface area contributed by atoms with E-state index in [0.717, 1.165) is 18.8 Å². The van der Waals surface area contributed by atoms with E-state index in [4.69, 9.17) is 0 Å². The molecule has 0 spiro atoms. The van der Waals surface area contributed by atoms with Crippen LogP contribution in [0.5, 0.6) is 0 Å². The van der Waals surface area contributed by atoms with E-state index in [0.29, 0.717) is 5.92 Å². The summed E-state index contributed by atoms with van der Waals surface area (Å²) in [6.07, 6.45) is 6.87. The van der Waals surface area contributed by atoms with Crippen molar-refractivity contribution in [3.05, 3.63) is 18.2 Å². The molecule has 1 aromatic heterocycles. The molecule has 3 nitrogen and oxygen atoms in total. The molecular weight excluding hydrogens is 200 g/mol. The van der Waals surface area contributed by atoms with Crippen molar-refractivity contribution in [2.75, 3.05) is 0 Å². The third-order valence-corrected chi connectivity index (χ3v) is 4.07. The Labute approximate surface area is 97.5 Å². The van der Waals surface area contributed by atoms with Crippen molar-refractivity contribution in [1.82, 2.24) is 9.55 Å². The zero-order valence-electron chi connectivity index (χ0n) is 10.5. The molecule has 1 N–H and O–H groups in total. The van der Waals surface area contributed by atoms with Gasteiger partial charge in [-0.25, -0.2) is 4.98 Å². The molecule has 2 atom stereocenters. The van der Waals surface area contributed by atoms with E-state index in [1.165, 1.54) is 12.8 Å². The van der Waals surface area contributed by atoms with Gasteiger partial charge in [-0.2, -0.15) is 0 Å². The molecule has 0 aromatic carbocycles. The summed E-state index contributed by atoms with van der Waals surface area (Å²) in [5, 5.41) is 10.5. The van der Waals surface area contributed by atoms with Crippen LogP contribution < -0.4 is 0 Å². The number of aromatic nitrogens is 2. The molecule has 2 rings (SSSR count). The number of hydrogen-bond acceptors (Lipinski definition) is 2. The Bertz CT molecular complexity index is 357. The number of hydrogen-bond donors (Lipinski definition) is 1. The van der Waals surface area contributed by atoms with Gasteiger partial charge in [-0.05, 0) is 31.1 Å². The van der Waals surface area contributed by atoms with Gasteiger partial charge >= 0.3 is 0 Å². The molecule has 0 radical (unpaired) electrons. The van der Waals surface area contributed by atoms with E-state index in [9.17, 15) is 5.11 Å². The zero-order chi connectivity index (χ0) is 11.8. The summed E-state index contributed by atoms with van der Waals surface area (Å²) >= 11 is 0. The van der Waals surface area contributed by atoms with Crippen LogP contribution >= 0.6 is 0 Å². The molecule has 0 aliphatic heterocycles. The van der Waals surface area contributed by atoms with Gasteiger partial charge in [0.05, 0.1) is 0 Å². The lowest BCUT2D eigenvalue weighted by atomic mass is 9.78. The fourth-order valence-electron chi connectivity index (χ4n) is 2.97. The molecule has 3 heteroatoms. The van der Waals surface area contributed by atoms with E-state index < -0.39 is 6.10 Å². The van der Waals surface area contributed by atoms with Crippen LogP contribution in [0.15, 0.2) is 12.4 Å². The minimum Gasteiger partial charge on any atom is -0.385 e. The predicted octanol–water partition coefficient (Wildman–Crippen LogP) is 2.76. The molecule has 1 aliphatic rings. The summed E-state index contributed by atoms with van der Waals surface area (Å²) in [6, 6.07) is 0. The van der Waals surface area contributed by atoms with Gasteiger partial charge in [0.25, 0.3) is 0 Å². The highest BCUT2D eigenvalue weighted by Gasteiger charge is 2.40. The van der Waals surface area contributed by atoms with Gasteiger partial charge in [0.2, 0.25) is 0 Å². The van der Waals surface area contributed by atoms with E-state index in [2.05, 4.69) is 25.8 Å². The maximum atomic E-state index is 10.5. The first-order chi connectivity index (χ1) is 7.56. The topological polar surface area (TPSA) is 38.0 Å². The second kappa shape index (κ2) is 4.21. The average molecular weight is 222 g/mol. The van der Waals surface area contributed by atoms with E-state index in [1.807, 2.05) is 10.8 Å². The quantitative estimate of drug-likeness (QED) is 0.854. The Hall–Kier alpha value is -0.830. The molecule has 0 bridgehead atoms. The smallest absolute Gasteiger partial charge is 0.137 e. The molecule has 1 heterocycles. The van der Waals surface area contributed by atoms with Gasteiger partial charge < -0.3 is 9.67 Å². The summed E-state index contributed by atoms with van der Waals surface area (Å²) in [5.74, 6) is 1.18. The third kappa shape index (κ3) is 1.88. The summed E-state index contributed by atoms with van der Waals surface area (Å²) in [7, 11) is 0. The lowest BCUT2D eigenvalue weighted by Crippen LogP contribution is -2.26. The second-order valence-corrected chi connectivity index (χ2v) is 5.50. The van der Waals surface area contributed by atoms with Gasteiger partial charge in [0.1, 0.15) is 11.9 Å². The number of imidazole rings is 1. The Morgan fingerprint density at radius 3 is 2.94 bits per heavy atom. The summed E-state index contributed by atoms with van der Waals surface area (Å²) in [4.78, 5) is 4.31. The summed E-state index contributed by atoms with van der Waals surface area (Å²) in [6.45, 7) is 7.47. The van der Waals surface area contributed by atoms with Crippen LogP contribution in [0.2, 0.25) is 0 Å². The van der Waals surface area contributed by atoms with Crippen molar-refractivity contribution in [1.29, 1.82) is 0 Å². The first kappa shape index (κ1) is 11.6. The van der Waals surface area contributed by atoms with Gasteiger partial charge in [0, 0.05) is 18.9 Å². The first-order valence-corrected chi connectivity index (χ1v) is 6.25. The minimum absolute atomic E-state index is 0.240. The van der Waals surface area contributed by atoms with Gasteiger partial charge in [0.15, 0.2) is 0 Å². The molecule has 0 amide bonds. The minimum atomic E-state index is -0.410. The normalized spacial score (nSPS) is 25.9. The predicted molar refractivity (Wildman–Crippen MR) is 64.0 cm³/mol. The summed E-state index contributed by atoms with van der Waals surface area (Å²) in [5.41, 5.74) is 0.240. The highest BCUT2D eigenvalue weighted by molar-refractivity contribution is 5.02. The fraction of sp³-hybridized carbons (Fsp3) is 0.769. The van der Waals surface area contributed by atoms with Gasteiger partial charge in [-0.1, -0.05) is 20.3 Å². The van der Waals surface area contributed by atoms with Crippen LogP contribution in [-0.2, 0) is 6.54 Å². The molecule has 1 saturated carbocycles. The maximum absolute atomic E-state index is 10.5. The number of rotatable bonds is 3. The van der Waals surface area contributed by atoms with Crippen LogP contribution in [-0.4, -0.2) is 14.7 Å². The molecule has 1 fully saturated rings. The largest absolute Gasteiger partial charge is 0.385 e. The molecular formula is C13H22N2O. The second-order valence-electron chi connectivity index (χ2n) is 5.50. The maximum Gasteiger partial charge on any atom is 0.137 e. The number of aliphatic hydroxyl groups excluding tert-OH is 1. The van der Waals surface area contributed by atoms with E-state index in [1.54, 1.807) is 6.20 Å². The number of aliphatic hydroxyl groups is 1. The Kier molecular flexibility index (Phi) is 3.06. The van der Waals surface area contributed by atoms with Crippen molar-refractivity contribution in [2.24, 2.45) is 11.3 Å². The molecule has 0 saturated heterocycles. The summed E-state index contributed by atoms with van der Waals surface area (Å²) < 4.78 is 2.04. The SMILES string of the molecule is CCn1ccnc1C(O)C1CCCC1(C)C. The van der Waals surface area contributed by atoms with Crippen molar-refractivity contribution < 1.29 is 5.11 Å². The lowest BCUT2D eigenvalue weighted by molar-refractivity contribution is 0.0439. The number of nitrogens with zero attached hydrogens (tertiary/aromatic N) is 2. The molecule has 90 valence electrons. The van der Waals surface area contributed by atoms with E-state index in [-0.39, 0.29) is 5.41 Å². The van der Waals surface area contributed by atoms with Gasteiger partial charge in [-0.3, -0.25) is 0 Å². The Morgan fingerprint density at radius 2 is 2.38 bits per heavy atom. The van der Waals surface area contributed by atoms with Crippen LogP contribution in [0.1, 0.15) is 52.0 Å². The van der Waals surface area contributed by atoms with Crippen molar-refractivity contribution in [3.63, 3.8) is 0 Å². The van der Waals surface area contributed by atoms with Gasteiger partial charge in [-0.15, -0.1) is 0 Å². The van der Waals surface area contributed by atoms with E-state index >= 15 is 0 Å².